The molecule has 0 radical (unpaired) electrons. The van der Waals surface area contributed by atoms with Gasteiger partial charge in [0.1, 0.15) is 30.1 Å². The van der Waals surface area contributed by atoms with Crippen LogP contribution in [0.3, 0.4) is 0 Å². The maximum absolute atomic E-state index is 13.1. The Bertz CT molecular complexity index is 1620. The van der Waals surface area contributed by atoms with Crippen LogP contribution in [0.25, 0.3) is 28.4 Å². The molecular formula is C30H25FN4O. The minimum atomic E-state index is -0.260. The molecule has 2 aromatic heterocycles. The van der Waals surface area contributed by atoms with E-state index < -0.39 is 0 Å². The van der Waals surface area contributed by atoms with Gasteiger partial charge in [0.2, 0.25) is 0 Å². The lowest BCUT2D eigenvalue weighted by atomic mass is 10.1. The van der Waals surface area contributed by atoms with Crippen LogP contribution >= 0.6 is 0 Å². The standard InChI is InChI=1S/C30H25FN4O/c1-19-4-13-28-29(14-19)34-30(33-28)24(17-32)16-23-15-20(2)35(21(23)3)26-9-11-27(12-10-26)36-18-22-5-7-25(31)8-6-22/h4-16H,18H2,1-3H3,(H,33,34)/b24-16-. The van der Waals surface area contributed by atoms with Gasteiger partial charge in [-0.3, -0.25) is 0 Å². The number of hydrogen-bond donors (Lipinski definition) is 1. The minimum Gasteiger partial charge on any atom is -0.489 e. The second-order valence-electron chi connectivity index (χ2n) is 8.85. The number of aromatic amines is 1. The quantitative estimate of drug-likeness (QED) is 0.267. The zero-order chi connectivity index (χ0) is 25.2. The van der Waals surface area contributed by atoms with Crippen molar-refractivity contribution in [1.82, 2.24) is 14.5 Å². The summed E-state index contributed by atoms with van der Waals surface area (Å²) in [4.78, 5) is 7.88. The molecule has 1 N–H and O–H groups in total. The van der Waals surface area contributed by atoms with Gasteiger partial charge >= 0.3 is 0 Å². The summed E-state index contributed by atoms with van der Waals surface area (Å²) < 4.78 is 21.1. The van der Waals surface area contributed by atoms with Gasteiger partial charge in [-0.15, -0.1) is 0 Å². The third-order valence-electron chi connectivity index (χ3n) is 6.20. The van der Waals surface area contributed by atoms with Gasteiger partial charge in [0, 0.05) is 17.1 Å². The maximum atomic E-state index is 13.1. The number of nitriles is 1. The van der Waals surface area contributed by atoms with E-state index >= 15 is 0 Å². The average Bonchev–Trinajstić information content (AvgIpc) is 3.41. The smallest absolute Gasteiger partial charge is 0.149 e. The normalized spacial score (nSPS) is 11.6. The molecule has 0 amide bonds. The number of H-pyrrole nitrogens is 1. The van der Waals surface area contributed by atoms with Crippen molar-refractivity contribution < 1.29 is 9.13 Å². The topological polar surface area (TPSA) is 66.6 Å². The van der Waals surface area contributed by atoms with Crippen molar-refractivity contribution in [2.75, 3.05) is 0 Å². The van der Waals surface area contributed by atoms with Gasteiger partial charge in [-0.1, -0.05) is 18.2 Å². The van der Waals surface area contributed by atoms with Crippen molar-refractivity contribution in [3.8, 4) is 17.5 Å². The highest BCUT2D eigenvalue weighted by molar-refractivity contribution is 5.91. The van der Waals surface area contributed by atoms with Crippen LogP contribution in [0, 0.1) is 37.9 Å². The van der Waals surface area contributed by atoms with E-state index in [0.29, 0.717) is 18.0 Å². The number of nitrogens with one attached hydrogen (secondary N) is 1. The number of ether oxygens (including phenoxy) is 1. The van der Waals surface area contributed by atoms with Crippen molar-refractivity contribution in [1.29, 1.82) is 5.26 Å². The van der Waals surface area contributed by atoms with Gasteiger partial charge in [-0.2, -0.15) is 5.26 Å². The molecule has 36 heavy (non-hydrogen) atoms. The van der Waals surface area contributed by atoms with Gasteiger partial charge < -0.3 is 14.3 Å². The summed E-state index contributed by atoms with van der Waals surface area (Å²) in [7, 11) is 0. The maximum Gasteiger partial charge on any atom is 0.149 e. The van der Waals surface area contributed by atoms with Crippen LogP contribution < -0.4 is 4.74 Å². The highest BCUT2D eigenvalue weighted by Crippen LogP contribution is 2.27. The van der Waals surface area contributed by atoms with Crippen molar-refractivity contribution in [3.63, 3.8) is 0 Å². The Morgan fingerprint density at radius 3 is 2.50 bits per heavy atom. The Hall–Kier alpha value is -4.63. The number of imidazole rings is 1. The molecule has 0 aliphatic carbocycles. The third-order valence-corrected chi connectivity index (χ3v) is 6.20. The predicted octanol–water partition coefficient (Wildman–Crippen LogP) is 7.06. The Morgan fingerprint density at radius 1 is 1.03 bits per heavy atom. The second-order valence-corrected chi connectivity index (χ2v) is 8.85. The third kappa shape index (κ3) is 4.64. The number of allylic oxidation sites excluding steroid dienone is 1. The molecule has 0 saturated carbocycles. The summed E-state index contributed by atoms with van der Waals surface area (Å²) >= 11 is 0. The number of aryl methyl sites for hydroxylation is 2. The highest BCUT2D eigenvalue weighted by atomic mass is 19.1. The largest absolute Gasteiger partial charge is 0.489 e. The Labute approximate surface area is 209 Å². The van der Waals surface area contributed by atoms with Gasteiger partial charge in [0.05, 0.1) is 16.6 Å². The van der Waals surface area contributed by atoms with Crippen LogP contribution in [0.1, 0.15) is 33.9 Å². The first kappa shape index (κ1) is 23.1. The lowest BCUT2D eigenvalue weighted by molar-refractivity contribution is 0.306. The summed E-state index contributed by atoms with van der Waals surface area (Å²) in [5.74, 6) is 1.03. The number of fused-ring (bicyclic) bond motifs is 1. The lowest BCUT2D eigenvalue weighted by Crippen LogP contribution is -2.00. The number of aromatic nitrogens is 3. The fraction of sp³-hybridized carbons (Fsp3) is 0.133. The number of nitrogens with zero attached hydrogens (tertiary/aromatic N) is 3. The predicted molar refractivity (Wildman–Crippen MR) is 140 cm³/mol. The van der Waals surface area contributed by atoms with E-state index in [1.54, 1.807) is 12.1 Å². The number of benzene rings is 3. The van der Waals surface area contributed by atoms with E-state index in [9.17, 15) is 9.65 Å². The van der Waals surface area contributed by atoms with E-state index in [-0.39, 0.29) is 5.82 Å². The number of hydrogen-bond acceptors (Lipinski definition) is 3. The fourth-order valence-electron chi connectivity index (χ4n) is 4.33. The summed E-state index contributed by atoms with van der Waals surface area (Å²) in [5, 5.41) is 9.86. The zero-order valence-corrected chi connectivity index (χ0v) is 20.3. The Morgan fingerprint density at radius 2 is 1.78 bits per heavy atom. The molecule has 6 heteroatoms. The molecule has 0 bridgehead atoms. The molecule has 0 aliphatic rings. The Balaban J connectivity index is 1.39. The average molecular weight is 477 g/mol. The molecule has 0 fully saturated rings. The van der Waals surface area contributed by atoms with E-state index in [1.165, 1.54) is 12.1 Å². The highest BCUT2D eigenvalue weighted by Gasteiger charge is 2.13. The SMILES string of the molecule is Cc1ccc2nc(/C(C#N)=C\c3cc(C)n(-c4ccc(OCc5ccc(F)cc5)cc4)c3C)[nH]c2c1. The molecule has 178 valence electrons. The van der Waals surface area contributed by atoms with Crippen molar-refractivity contribution >= 4 is 22.7 Å². The molecule has 0 spiro atoms. The lowest BCUT2D eigenvalue weighted by Gasteiger charge is -2.11. The van der Waals surface area contributed by atoms with E-state index in [2.05, 4.69) is 26.7 Å². The van der Waals surface area contributed by atoms with Crippen LogP contribution in [-0.2, 0) is 6.61 Å². The molecule has 5 nitrogen and oxygen atoms in total. The molecule has 0 unspecified atom stereocenters. The second kappa shape index (κ2) is 9.55. The molecule has 5 aromatic rings. The van der Waals surface area contributed by atoms with E-state index in [4.69, 9.17) is 4.74 Å². The van der Waals surface area contributed by atoms with E-state index in [0.717, 1.165) is 50.5 Å². The fourth-order valence-corrected chi connectivity index (χ4v) is 4.33. The van der Waals surface area contributed by atoms with Gasteiger partial charge in [0.25, 0.3) is 0 Å². The van der Waals surface area contributed by atoms with Crippen molar-refractivity contribution in [3.05, 3.63) is 113 Å². The zero-order valence-electron chi connectivity index (χ0n) is 20.3. The molecule has 0 atom stereocenters. The molecule has 0 aliphatic heterocycles. The summed E-state index contributed by atoms with van der Waals surface area (Å²) in [6.45, 7) is 6.47. The summed E-state index contributed by atoms with van der Waals surface area (Å²) in [6, 6.07) is 24.5. The molecule has 2 heterocycles. The molecular weight excluding hydrogens is 451 g/mol. The monoisotopic (exact) mass is 476 g/mol. The van der Waals surface area contributed by atoms with Gasteiger partial charge in [-0.05, 0) is 98.1 Å². The minimum absolute atomic E-state index is 0.260. The number of rotatable bonds is 6. The molecule has 3 aromatic carbocycles. The van der Waals surface area contributed by atoms with E-state index in [1.807, 2.05) is 69.3 Å². The summed E-state index contributed by atoms with van der Waals surface area (Å²) in [6.07, 6.45) is 1.88. The van der Waals surface area contributed by atoms with Gasteiger partial charge in [0.15, 0.2) is 0 Å². The van der Waals surface area contributed by atoms with Crippen LogP contribution in [0.4, 0.5) is 4.39 Å². The Kier molecular flexibility index (Phi) is 6.14. The van der Waals surface area contributed by atoms with Crippen molar-refractivity contribution in [2.45, 2.75) is 27.4 Å². The van der Waals surface area contributed by atoms with Crippen LogP contribution in [0.5, 0.6) is 5.75 Å². The van der Waals surface area contributed by atoms with Crippen LogP contribution in [0.15, 0.2) is 72.8 Å². The molecule has 5 rings (SSSR count). The van der Waals surface area contributed by atoms with Gasteiger partial charge in [-0.25, -0.2) is 9.37 Å². The van der Waals surface area contributed by atoms with Crippen molar-refractivity contribution in [2.24, 2.45) is 0 Å². The summed E-state index contributed by atoms with van der Waals surface area (Å²) in [5.41, 5.74) is 8.30. The first-order chi connectivity index (χ1) is 17.4. The molecule has 0 saturated heterocycles. The first-order valence-electron chi connectivity index (χ1n) is 11.7. The first-order valence-corrected chi connectivity index (χ1v) is 11.7. The van der Waals surface area contributed by atoms with Crippen LogP contribution in [0.2, 0.25) is 0 Å². The number of halogens is 1. The van der Waals surface area contributed by atoms with Crippen LogP contribution in [-0.4, -0.2) is 14.5 Å².